The fourth-order valence-electron chi connectivity index (χ4n) is 3.22. The maximum absolute atomic E-state index is 12.2. The Bertz CT molecular complexity index is 983. The van der Waals surface area contributed by atoms with Gasteiger partial charge in [-0.3, -0.25) is 9.55 Å². The summed E-state index contributed by atoms with van der Waals surface area (Å²) >= 11 is 0. The molecule has 1 fully saturated rings. The van der Waals surface area contributed by atoms with Crippen LogP contribution < -0.4 is 10.4 Å². The first-order valence-corrected chi connectivity index (χ1v) is 8.71. The van der Waals surface area contributed by atoms with Crippen molar-refractivity contribution < 1.29 is 4.74 Å². The van der Waals surface area contributed by atoms with E-state index in [0.717, 1.165) is 22.6 Å². The first-order chi connectivity index (χ1) is 12.1. The van der Waals surface area contributed by atoms with E-state index in [1.54, 1.807) is 17.9 Å². The van der Waals surface area contributed by atoms with Crippen LogP contribution in [-0.4, -0.2) is 26.6 Å². The number of nitrogens with one attached hydrogen (secondary N) is 1. The second-order valence-corrected chi connectivity index (χ2v) is 6.99. The van der Waals surface area contributed by atoms with Gasteiger partial charge in [-0.05, 0) is 36.3 Å². The average molecular weight is 338 g/mol. The van der Waals surface area contributed by atoms with E-state index in [-0.39, 0.29) is 5.69 Å². The van der Waals surface area contributed by atoms with E-state index in [9.17, 15) is 4.79 Å². The maximum atomic E-state index is 12.2. The van der Waals surface area contributed by atoms with Crippen LogP contribution in [0.1, 0.15) is 38.2 Å². The van der Waals surface area contributed by atoms with E-state index >= 15 is 0 Å². The quantitative estimate of drug-likeness (QED) is 0.774. The van der Waals surface area contributed by atoms with E-state index < -0.39 is 0 Å². The summed E-state index contributed by atoms with van der Waals surface area (Å²) in [5.41, 5.74) is 3.76. The molecular formula is C19H22N4O2. The van der Waals surface area contributed by atoms with Crippen LogP contribution in [0.15, 0.2) is 29.2 Å². The van der Waals surface area contributed by atoms with Crippen LogP contribution in [-0.2, 0) is 6.54 Å². The zero-order chi connectivity index (χ0) is 17.6. The number of para-hydroxylation sites is 1. The predicted octanol–water partition coefficient (Wildman–Crippen LogP) is 3.33. The fraction of sp³-hybridized carbons (Fsp3) is 0.421. The number of methoxy groups -OCH3 is 1. The topological polar surface area (TPSA) is 72.8 Å². The molecule has 0 aliphatic heterocycles. The lowest BCUT2D eigenvalue weighted by molar-refractivity contribution is 0.409. The van der Waals surface area contributed by atoms with Crippen LogP contribution in [0.3, 0.4) is 0 Å². The minimum Gasteiger partial charge on any atom is -0.496 e. The van der Waals surface area contributed by atoms with Gasteiger partial charge in [0.1, 0.15) is 5.75 Å². The molecule has 0 amide bonds. The van der Waals surface area contributed by atoms with Crippen LogP contribution in [0.25, 0.3) is 22.6 Å². The predicted molar refractivity (Wildman–Crippen MR) is 96.9 cm³/mol. The molecule has 4 rings (SSSR count). The first-order valence-electron chi connectivity index (χ1n) is 8.71. The van der Waals surface area contributed by atoms with Crippen LogP contribution >= 0.6 is 0 Å². The zero-order valence-electron chi connectivity index (χ0n) is 14.7. The molecule has 3 aromatic rings. The Morgan fingerprint density at radius 1 is 1.36 bits per heavy atom. The molecule has 1 saturated carbocycles. The Morgan fingerprint density at radius 2 is 2.16 bits per heavy atom. The maximum Gasteiger partial charge on any atom is 0.328 e. The number of rotatable bonds is 5. The number of fused-ring (bicyclic) bond motifs is 1. The van der Waals surface area contributed by atoms with Gasteiger partial charge in [-0.15, -0.1) is 0 Å². The molecule has 2 heterocycles. The highest BCUT2D eigenvalue weighted by Gasteiger charge is 2.24. The molecule has 0 saturated heterocycles. The van der Waals surface area contributed by atoms with E-state index in [4.69, 9.17) is 9.72 Å². The van der Waals surface area contributed by atoms with Crippen molar-refractivity contribution in [2.45, 2.75) is 39.2 Å². The lowest BCUT2D eigenvalue weighted by atomic mass is 9.98. The molecule has 2 aromatic heterocycles. The monoisotopic (exact) mass is 338 g/mol. The van der Waals surface area contributed by atoms with E-state index in [1.165, 1.54) is 12.8 Å². The van der Waals surface area contributed by atoms with Crippen molar-refractivity contribution in [2.75, 3.05) is 7.11 Å². The summed E-state index contributed by atoms with van der Waals surface area (Å²) in [5.74, 6) is 1.74. The summed E-state index contributed by atoms with van der Waals surface area (Å²) in [5, 5.41) is 0. The third-order valence-electron chi connectivity index (χ3n) is 4.77. The summed E-state index contributed by atoms with van der Waals surface area (Å²) in [7, 11) is 1.68. The molecule has 6 nitrogen and oxygen atoms in total. The second kappa shape index (κ2) is 6.02. The Balaban J connectivity index is 1.87. The smallest absolute Gasteiger partial charge is 0.328 e. The number of benzene rings is 1. The molecule has 0 spiro atoms. The van der Waals surface area contributed by atoms with Gasteiger partial charge in [0, 0.05) is 12.1 Å². The summed E-state index contributed by atoms with van der Waals surface area (Å²) < 4.78 is 7.38. The minimum atomic E-state index is -0.137. The van der Waals surface area contributed by atoms with E-state index in [0.29, 0.717) is 29.7 Å². The third-order valence-corrected chi connectivity index (χ3v) is 4.77. The molecule has 130 valence electrons. The van der Waals surface area contributed by atoms with Crippen molar-refractivity contribution in [2.24, 2.45) is 5.92 Å². The van der Waals surface area contributed by atoms with Crippen molar-refractivity contribution in [1.82, 2.24) is 19.5 Å². The van der Waals surface area contributed by atoms with Gasteiger partial charge in [0.15, 0.2) is 11.3 Å². The highest BCUT2D eigenvalue weighted by Crippen LogP contribution is 2.36. The van der Waals surface area contributed by atoms with E-state index in [2.05, 4.69) is 29.9 Å². The number of nitrogens with zero attached hydrogens (tertiary/aromatic N) is 3. The molecule has 0 radical (unpaired) electrons. The number of aromatic amines is 1. The Kier molecular flexibility index (Phi) is 3.82. The van der Waals surface area contributed by atoms with E-state index in [1.807, 2.05) is 12.1 Å². The van der Waals surface area contributed by atoms with Gasteiger partial charge in [0.25, 0.3) is 0 Å². The van der Waals surface area contributed by atoms with Gasteiger partial charge in [-0.1, -0.05) is 26.0 Å². The average Bonchev–Trinajstić information content (AvgIpc) is 3.38. The zero-order valence-corrected chi connectivity index (χ0v) is 14.7. The lowest BCUT2D eigenvalue weighted by Gasteiger charge is -2.15. The number of hydrogen-bond donors (Lipinski definition) is 1. The Labute approximate surface area is 145 Å². The number of ether oxygens (including phenoxy) is 1. The van der Waals surface area contributed by atoms with Crippen molar-refractivity contribution in [3.05, 3.63) is 40.4 Å². The molecule has 25 heavy (non-hydrogen) atoms. The number of H-pyrrole nitrogens is 1. The highest BCUT2D eigenvalue weighted by molar-refractivity contribution is 5.74. The number of aromatic nitrogens is 4. The number of hydrogen-bond acceptors (Lipinski definition) is 4. The molecule has 6 heteroatoms. The lowest BCUT2D eigenvalue weighted by Crippen LogP contribution is -2.18. The third kappa shape index (κ3) is 2.81. The summed E-state index contributed by atoms with van der Waals surface area (Å²) in [6.07, 6.45) is 4.05. The first kappa shape index (κ1) is 15.9. The van der Waals surface area contributed by atoms with Crippen LogP contribution in [0, 0.1) is 5.92 Å². The summed E-state index contributed by atoms with van der Waals surface area (Å²) in [6, 6.07) is 6.06. The minimum absolute atomic E-state index is 0.137. The van der Waals surface area contributed by atoms with Crippen LogP contribution in [0.2, 0.25) is 0 Å². The van der Waals surface area contributed by atoms with Crippen LogP contribution in [0.5, 0.6) is 5.75 Å². The van der Waals surface area contributed by atoms with Crippen molar-refractivity contribution in [3.8, 4) is 17.0 Å². The van der Waals surface area contributed by atoms with Crippen LogP contribution in [0.4, 0.5) is 0 Å². The standard InChI is InChI=1S/C19H22N4O2/c1-11(2)13-5-4-6-14(16(13)25-3)15-9-20-17-18(21-15)23(19(24)22-17)10-12-7-8-12/h4-6,9,11-12H,7-8,10H2,1-3H3,(H,20,22,24). The molecule has 1 aliphatic rings. The molecule has 0 unspecified atom stereocenters. The second-order valence-electron chi connectivity index (χ2n) is 6.99. The molecule has 1 N–H and O–H groups in total. The molecule has 1 aromatic carbocycles. The summed E-state index contributed by atoms with van der Waals surface area (Å²) in [6.45, 7) is 4.98. The van der Waals surface area contributed by atoms with Gasteiger partial charge in [-0.2, -0.15) is 0 Å². The van der Waals surface area contributed by atoms with Gasteiger partial charge in [0.2, 0.25) is 0 Å². The van der Waals surface area contributed by atoms with Crippen molar-refractivity contribution in [3.63, 3.8) is 0 Å². The molecule has 0 bridgehead atoms. The molecule has 0 atom stereocenters. The van der Waals surface area contributed by atoms with Crippen molar-refractivity contribution >= 4 is 11.3 Å². The SMILES string of the molecule is COc1c(-c2cnc3[nH]c(=O)n(CC4CC4)c3n2)cccc1C(C)C. The normalized spacial score (nSPS) is 14.4. The van der Waals surface area contributed by atoms with Gasteiger partial charge >= 0.3 is 5.69 Å². The van der Waals surface area contributed by atoms with Gasteiger partial charge < -0.3 is 4.74 Å². The highest BCUT2D eigenvalue weighted by atomic mass is 16.5. The fourth-order valence-corrected chi connectivity index (χ4v) is 3.22. The molecule has 1 aliphatic carbocycles. The van der Waals surface area contributed by atoms with Gasteiger partial charge in [-0.25, -0.2) is 14.8 Å². The largest absolute Gasteiger partial charge is 0.496 e. The Morgan fingerprint density at radius 3 is 2.84 bits per heavy atom. The number of imidazole rings is 1. The summed E-state index contributed by atoms with van der Waals surface area (Å²) in [4.78, 5) is 24.2. The Hall–Kier alpha value is -2.63. The van der Waals surface area contributed by atoms with Crippen molar-refractivity contribution in [1.29, 1.82) is 0 Å². The molecular weight excluding hydrogens is 316 g/mol. The van der Waals surface area contributed by atoms with Gasteiger partial charge in [0.05, 0.1) is 19.0 Å².